The van der Waals surface area contributed by atoms with E-state index in [1.165, 1.54) is 16.9 Å². The third kappa shape index (κ3) is 4.14. The van der Waals surface area contributed by atoms with Gasteiger partial charge in [0.2, 0.25) is 0 Å². The van der Waals surface area contributed by atoms with Crippen LogP contribution in [0.2, 0.25) is 0 Å². The van der Waals surface area contributed by atoms with Crippen LogP contribution in [0.4, 0.5) is 5.69 Å². The second kappa shape index (κ2) is 9.11. The van der Waals surface area contributed by atoms with Crippen LogP contribution >= 0.6 is 11.3 Å². The number of aromatic nitrogens is 1. The molecule has 1 unspecified atom stereocenters. The van der Waals surface area contributed by atoms with Gasteiger partial charge in [-0.3, -0.25) is 4.79 Å². The summed E-state index contributed by atoms with van der Waals surface area (Å²) in [5.74, 6) is 1.33. The van der Waals surface area contributed by atoms with Crippen LogP contribution in [0.1, 0.15) is 35.0 Å². The second-order valence-electron chi connectivity index (χ2n) is 9.17. The Morgan fingerprint density at radius 3 is 2.50 bits per heavy atom. The molecule has 0 spiro atoms. The highest BCUT2D eigenvalue weighted by Crippen LogP contribution is 2.42. The van der Waals surface area contributed by atoms with Gasteiger partial charge in [0.25, 0.3) is 5.91 Å². The molecular formula is C28H29N3O2S. The fourth-order valence-electron chi connectivity index (χ4n) is 4.67. The number of aryl methyl sites for hydroxylation is 1. The first-order valence-electron chi connectivity index (χ1n) is 11.7. The van der Waals surface area contributed by atoms with Crippen molar-refractivity contribution in [3.63, 3.8) is 0 Å². The highest BCUT2D eigenvalue weighted by atomic mass is 32.1. The number of nitrogens with two attached hydrogens (primary N) is 1. The smallest absolute Gasteiger partial charge is 0.266 e. The van der Waals surface area contributed by atoms with E-state index in [9.17, 15) is 4.79 Å². The van der Waals surface area contributed by atoms with Gasteiger partial charge in [0.1, 0.15) is 15.5 Å². The third-order valence-corrected chi connectivity index (χ3v) is 7.67. The zero-order valence-electron chi connectivity index (χ0n) is 19.8. The molecule has 174 valence electrons. The van der Waals surface area contributed by atoms with Crippen molar-refractivity contribution in [2.24, 2.45) is 5.92 Å². The third-order valence-electron chi connectivity index (χ3n) is 6.59. The van der Waals surface area contributed by atoms with Gasteiger partial charge in [0, 0.05) is 24.0 Å². The molecule has 0 aliphatic carbocycles. The number of thiophene rings is 1. The van der Waals surface area contributed by atoms with Crippen molar-refractivity contribution in [1.82, 2.24) is 9.88 Å². The summed E-state index contributed by atoms with van der Waals surface area (Å²) in [6.45, 7) is 5.84. The van der Waals surface area contributed by atoms with Crippen molar-refractivity contribution in [3.05, 3.63) is 65.0 Å². The predicted molar refractivity (Wildman–Crippen MR) is 140 cm³/mol. The minimum atomic E-state index is 0.0212. The number of rotatable bonds is 4. The van der Waals surface area contributed by atoms with Crippen molar-refractivity contribution in [1.29, 1.82) is 0 Å². The highest BCUT2D eigenvalue weighted by molar-refractivity contribution is 7.21. The number of nitrogens with zero attached hydrogens (tertiary/aromatic N) is 2. The van der Waals surface area contributed by atoms with Crippen molar-refractivity contribution in [2.45, 2.75) is 26.7 Å². The Morgan fingerprint density at radius 1 is 1.12 bits per heavy atom. The fraction of sp³-hybridized carbons (Fsp3) is 0.286. The van der Waals surface area contributed by atoms with E-state index >= 15 is 0 Å². The second-order valence-corrected chi connectivity index (χ2v) is 10.2. The normalized spacial score (nSPS) is 16.1. The molecule has 1 amide bonds. The standard InChI is InChI=1S/C28H29N3O2S/c1-17-6-8-19(9-7-17)22-15-23(20-10-12-21(33-3)13-11-20)30-27-24(22)25(29)26(34-27)28(32)31-14-4-5-18(2)16-31/h6-13,15,18H,4-5,14,16,29H2,1-3H3. The molecule has 34 heavy (non-hydrogen) atoms. The number of nitrogen functional groups attached to an aromatic ring is 1. The van der Waals surface area contributed by atoms with Crippen LogP contribution in [0, 0.1) is 12.8 Å². The quantitative estimate of drug-likeness (QED) is 0.374. The predicted octanol–water partition coefficient (Wildman–Crippen LogP) is 6.40. The number of hydrogen-bond acceptors (Lipinski definition) is 5. The summed E-state index contributed by atoms with van der Waals surface area (Å²) in [5, 5.41) is 0.861. The van der Waals surface area contributed by atoms with Crippen LogP contribution in [-0.4, -0.2) is 36.0 Å². The number of pyridine rings is 1. The van der Waals surface area contributed by atoms with Gasteiger partial charge >= 0.3 is 0 Å². The van der Waals surface area contributed by atoms with Crippen LogP contribution in [0.5, 0.6) is 5.75 Å². The SMILES string of the molecule is COc1ccc(-c2cc(-c3ccc(C)cc3)c3c(N)c(C(=O)N4CCCC(C)C4)sc3n2)cc1. The highest BCUT2D eigenvalue weighted by Gasteiger charge is 2.27. The minimum Gasteiger partial charge on any atom is -0.497 e. The largest absolute Gasteiger partial charge is 0.497 e. The molecule has 1 aliphatic heterocycles. The summed E-state index contributed by atoms with van der Waals surface area (Å²) in [7, 11) is 1.66. The molecule has 1 saturated heterocycles. The summed E-state index contributed by atoms with van der Waals surface area (Å²) in [6.07, 6.45) is 2.20. The Labute approximate surface area is 204 Å². The summed E-state index contributed by atoms with van der Waals surface area (Å²) in [4.78, 5) is 21.8. The van der Waals surface area contributed by atoms with Crippen LogP contribution in [-0.2, 0) is 0 Å². The van der Waals surface area contributed by atoms with Gasteiger partial charge in [-0.1, -0.05) is 36.8 Å². The molecule has 0 saturated carbocycles. The first kappa shape index (κ1) is 22.4. The fourth-order valence-corrected chi connectivity index (χ4v) is 5.76. The molecule has 2 aromatic carbocycles. The van der Waals surface area contributed by atoms with Crippen LogP contribution in [0.25, 0.3) is 32.6 Å². The average Bonchev–Trinajstić information content (AvgIpc) is 3.20. The maximum atomic E-state index is 13.5. The number of amides is 1. The Hall–Kier alpha value is -3.38. The Balaban J connectivity index is 1.67. The number of carbonyl (C=O) groups excluding carboxylic acids is 1. The van der Waals surface area contributed by atoms with Gasteiger partial charge in [-0.2, -0.15) is 0 Å². The van der Waals surface area contributed by atoms with Gasteiger partial charge in [-0.05, 0) is 67.1 Å². The molecule has 1 fully saturated rings. The summed E-state index contributed by atoms with van der Waals surface area (Å²) in [5.41, 5.74) is 12.3. The van der Waals surface area contributed by atoms with Crippen LogP contribution < -0.4 is 10.5 Å². The molecule has 5 rings (SSSR count). The maximum Gasteiger partial charge on any atom is 0.266 e. The zero-order valence-corrected chi connectivity index (χ0v) is 20.6. The molecule has 1 atom stereocenters. The van der Waals surface area contributed by atoms with Crippen LogP contribution in [0.3, 0.4) is 0 Å². The van der Waals surface area contributed by atoms with E-state index in [0.29, 0.717) is 16.5 Å². The number of hydrogen-bond donors (Lipinski definition) is 1. The number of ether oxygens (including phenoxy) is 1. The van der Waals surface area contributed by atoms with E-state index in [1.54, 1.807) is 7.11 Å². The lowest BCUT2D eigenvalue weighted by Gasteiger charge is -2.30. The summed E-state index contributed by atoms with van der Waals surface area (Å²) >= 11 is 1.40. The molecular weight excluding hydrogens is 442 g/mol. The van der Waals surface area contributed by atoms with Gasteiger partial charge < -0.3 is 15.4 Å². The van der Waals surface area contributed by atoms with E-state index in [-0.39, 0.29) is 5.91 Å². The van der Waals surface area contributed by atoms with Gasteiger partial charge in [-0.15, -0.1) is 11.3 Å². The molecule has 6 heteroatoms. The van der Waals surface area contributed by atoms with E-state index in [0.717, 1.165) is 64.3 Å². The average molecular weight is 472 g/mol. The Bertz CT molecular complexity index is 1340. The van der Waals surface area contributed by atoms with Gasteiger partial charge in [0.05, 0.1) is 18.5 Å². The number of methoxy groups -OCH3 is 1. The topological polar surface area (TPSA) is 68.5 Å². The molecule has 0 bridgehead atoms. The Kier molecular flexibility index (Phi) is 6.00. The molecule has 5 nitrogen and oxygen atoms in total. The number of anilines is 1. The molecule has 2 N–H and O–H groups in total. The molecule has 0 radical (unpaired) electrons. The van der Waals surface area contributed by atoms with Crippen molar-refractivity contribution >= 4 is 33.1 Å². The van der Waals surface area contributed by atoms with E-state index < -0.39 is 0 Å². The summed E-state index contributed by atoms with van der Waals surface area (Å²) in [6, 6.07) is 18.4. The van der Waals surface area contributed by atoms with E-state index in [4.69, 9.17) is 15.5 Å². The van der Waals surface area contributed by atoms with Gasteiger partial charge in [0.15, 0.2) is 0 Å². The first-order chi connectivity index (χ1) is 16.4. The minimum absolute atomic E-state index is 0.0212. The van der Waals surface area contributed by atoms with Crippen molar-refractivity contribution < 1.29 is 9.53 Å². The van der Waals surface area contributed by atoms with Crippen molar-refractivity contribution in [2.75, 3.05) is 25.9 Å². The van der Waals surface area contributed by atoms with E-state index in [1.807, 2.05) is 29.2 Å². The number of fused-ring (bicyclic) bond motifs is 1. The lowest BCUT2D eigenvalue weighted by Crippen LogP contribution is -2.39. The maximum absolute atomic E-state index is 13.5. The summed E-state index contributed by atoms with van der Waals surface area (Å²) < 4.78 is 5.31. The zero-order chi connectivity index (χ0) is 23.8. The van der Waals surface area contributed by atoms with E-state index in [2.05, 4.69) is 44.2 Å². The Morgan fingerprint density at radius 2 is 1.82 bits per heavy atom. The number of benzene rings is 2. The monoisotopic (exact) mass is 471 g/mol. The molecule has 1 aliphatic rings. The lowest BCUT2D eigenvalue weighted by molar-refractivity contribution is 0.0689. The number of piperidine rings is 1. The number of carbonyl (C=O) groups is 1. The van der Waals surface area contributed by atoms with Crippen LogP contribution in [0.15, 0.2) is 54.6 Å². The van der Waals surface area contributed by atoms with Crippen molar-refractivity contribution in [3.8, 4) is 28.1 Å². The molecule has 2 aromatic heterocycles. The van der Waals surface area contributed by atoms with Gasteiger partial charge in [-0.25, -0.2) is 4.98 Å². The molecule has 4 aromatic rings. The molecule has 3 heterocycles. The first-order valence-corrected chi connectivity index (χ1v) is 12.5. The lowest BCUT2D eigenvalue weighted by atomic mass is 9.98. The number of likely N-dealkylation sites (tertiary alicyclic amines) is 1.